The number of aromatic nitrogens is 2. The number of para-hydroxylation sites is 2. The van der Waals surface area contributed by atoms with Gasteiger partial charge in [0, 0.05) is 34.2 Å². The van der Waals surface area contributed by atoms with Crippen LogP contribution in [-0.2, 0) is 9.47 Å². The van der Waals surface area contributed by atoms with Gasteiger partial charge in [-0.3, -0.25) is 0 Å². The van der Waals surface area contributed by atoms with E-state index >= 15 is 0 Å². The molecule has 0 spiro atoms. The third-order valence-corrected chi connectivity index (χ3v) is 7.01. The number of aliphatic hydroxyl groups is 3. The van der Waals surface area contributed by atoms with Crippen LogP contribution in [-0.4, -0.2) is 63.0 Å². The minimum absolute atomic E-state index is 0.337. The maximum absolute atomic E-state index is 11.2. The summed E-state index contributed by atoms with van der Waals surface area (Å²) >= 11 is 0. The molecule has 7 nitrogen and oxygen atoms in total. The molecule has 33 heavy (non-hydrogen) atoms. The Labute approximate surface area is 189 Å². The highest BCUT2D eigenvalue weighted by atomic mass is 16.6. The van der Waals surface area contributed by atoms with Gasteiger partial charge in [0.25, 0.3) is 0 Å². The van der Waals surface area contributed by atoms with Crippen LogP contribution in [0, 0.1) is 6.92 Å². The predicted octanol–water partition coefficient (Wildman–Crippen LogP) is 3.36. The molecule has 2 aromatic heterocycles. The van der Waals surface area contributed by atoms with Crippen LogP contribution in [0.25, 0.3) is 43.6 Å². The molecule has 170 valence electrons. The highest BCUT2D eigenvalue weighted by molar-refractivity contribution is 6.23. The number of ether oxygens (including phenoxy) is 2. The van der Waals surface area contributed by atoms with E-state index in [-0.39, 0.29) is 6.61 Å². The van der Waals surface area contributed by atoms with Crippen molar-refractivity contribution >= 4 is 43.6 Å². The zero-order chi connectivity index (χ0) is 22.9. The topological polar surface area (TPSA) is 99.9 Å². The maximum Gasteiger partial charge on any atom is 0.163 e. The van der Waals surface area contributed by atoms with Crippen molar-refractivity contribution in [3.05, 3.63) is 60.2 Å². The lowest BCUT2D eigenvalue weighted by Gasteiger charge is -2.42. The fraction of sp³-hybridized carbons (Fsp3) is 0.308. The van der Waals surface area contributed by atoms with Gasteiger partial charge in [-0.1, -0.05) is 36.4 Å². The molecular formula is C26H26N2O5. The molecule has 0 unspecified atom stereocenters. The summed E-state index contributed by atoms with van der Waals surface area (Å²) in [6.07, 6.45) is -4.99. The van der Waals surface area contributed by atoms with E-state index in [1.807, 2.05) is 41.0 Å². The first-order chi connectivity index (χ1) is 16.0. The number of hydrogen-bond acceptors (Lipinski definition) is 5. The number of benzene rings is 3. The largest absolute Gasteiger partial charge is 0.394 e. The van der Waals surface area contributed by atoms with Gasteiger partial charge in [0.2, 0.25) is 0 Å². The van der Waals surface area contributed by atoms with Crippen molar-refractivity contribution in [1.29, 1.82) is 0 Å². The number of H-pyrrole nitrogens is 1. The number of rotatable bonds is 3. The minimum atomic E-state index is -1.25. The zero-order valence-electron chi connectivity index (χ0n) is 18.4. The number of aryl methyl sites for hydroxylation is 1. The molecule has 0 radical (unpaired) electrons. The number of hydrogen-bond donors (Lipinski definition) is 4. The number of methoxy groups -OCH3 is 1. The van der Waals surface area contributed by atoms with Crippen molar-refractivity contribution in [1.82, 2.24) is 9.55 Å². The molecule has 3 aromatic carbocycles. The SMILES string of the molecule is CO[C@H]1[C@H](O)[C@@H](O)[C@H](n2c3ccccc3c3c(C)cc4c5ccccc5[nH]c4c32)O[C@@H]1CO. The standard InChI is InChI=1S/C26H26N2O5/c1-13-11-16-14-7-3-5-9-17(14)27-21(16)22-20(13)15-8-4-6-10-18(15)28(22)26-24(31)23(30)25(32-2)19(12-29)33-26/h3-11,19,23-27,29-31H,12H2,1-2H3/t19-,23-,24-,25-,26-/m1/s1. The molecule has 1 saturated heterocycles. The second-order valence-corrected chi connectivity index (χ2v) is 8.83. The Morgan fingerprint density at radius 3 is 2.48 bits per heavy atom. The number of aromatic amines is 1. The van der Waals surface area contributed by atoms with E-state index < -0.39 is 30.6 Å². The predicted molar refractivity (Wildman–Crippen MR) is 127 cm³/mol. The monoisotopic (exact) mass is 446 g/mol. The number of aliphatic hydroxyl groups excluding tert-OH is 3. The molecule has 6 rings (SSSR count). The van der Waals surface area contributed by atoms with Crippen molar-refractivity contribution in [2.75, 3.05) is 13.7 Å². The Morgan fingerprint density at radius 1 is 1.00 bits per heavy atom. The van der Waals surface area contributed by atoms with E-state index in [1.54, 1.807) is 0 Å². The van der Waals surface area contributed by atoms with Gasteiger partial charge in [-0.25, -0.2) is 0 Å². The molecular weight excluding hydrogens is 420 g/mol. The second kappa shape index (κ2) is 7.55. The summed E-state index contributed by atoms with van der Waals surface area (Å²) < 4.78 is 13.5. The average Bonchev–Trinajstić information content (AvgIpc) is 3.37. The summed E-state index contributed by atoms with van der Waals surface area (Å²) in [6.45, 7) is 1.75. The third-order valence-electron chi connectivity index (χ3n) is 7.01. The first kappa shape index (κ1) is 20.7. The van der Waals surface area contributed by atoms with Gasteiger partial charge >= 0.3 is 0 Å². The summed E-state index contributed by atoms with van der Waals surface area (Å²) in [5.41, 5.74) is 4.84. The molecule has 1 aliphatic rings. The first-order valence-corrected chi connectivity index (χ1v) is 11.1. The molecule has 1 aliphatic heterocycles. The van der Waals surface area contributed by atoms with Crippen molar-refractivity contribution in [2.24, 2.45) is 0 Å². The Bertz CT molecular complexity index is 1500. The third kappa shape index (κ3) is 2.81. The molecule has 0 bridgehead atoms. The van der Waals surface area contributed by atoms with Gasteiger partial charge in [0.05, 0.1) is 23.2 Å². The highest BCUT2D eigenvalue weighted by Crippen LogP contribution is 2.43. The van der Waals surface area contributed by atoms with Crippen LogP contribution in [0.15, 0.2) is 54.6 Å². The van der Waals surface area contributed by atoms with Gasteiger partial charge in [0.15, 0.2) is 6.23 Å². The van der Waals surface area contributed by atoms with Gasteiger partial charge in [-0.15, -0.1) is 0 Å². The molecule has 0 saturated carbocycles. The summed E-state index contributed by atoms with van der Waals surface area (Å²) in [4.78, 5) is 3.57. The van der Waals surface area contributed by atoms with Crippen LogP contribution in [0.4, 0.5) is 0 Å². The van der Waals surface area contributed by atoms with E-state index in [0.717, 1.165) is 49.2 Å². The lowest BCUT2D eigenvalue weighted by atomic mass is 9.97. The van der Waals surface area contributed by atoms with Gasteiger partial charge in [0.1, 0.15) is 24.4 Å². The molecule has 1 fully saturated rings. The Kier molecular flexibility index (Phi) is 4.72. The molecule has 4 N–H and O–H groups in total. The maximum atomic E-state index is 11.2. The van der Waals surface area contributed by atoms with Crippen LogP contribution in [0.2, 0.25) is 0 Å². The zero-order valence-corrected chi connectivity index (χ0v) is 18.4. The van der Waals surface area contributed by atoms with Crippen LogP contribution >= 0.6 is 0 Å². The Hall–Kier alpha value is -2.94. The lowest BCUT2D eigenvalue weighted by Crippen LogP contribution is -2.57. The second-order valence-electron chi connectivity index (χ2n) is 8.83. The van der Waals surface area contributed by atoms with E-state index in [4.69, 9.17) is 9.47 Å². The minimum Gasteiger partial charge on any atom is -0.394 e. The van der Waals surface area contributed by atoms with E-state index in [2.05, 4.69) is 30.1 Å². The van der Waals surface area contributed by atoms with Gasteiger partial charge in [-0.2, -0.15) is 0 Å². The lowest BCUT2D eigenvalue weighted by molar-refractivity contribution is -0.255. The fourth-order valence-corrected chi connectivity index (χ4v) is 5.53. The molecule has 0 amide bonds. The highest BCUT2D eigenvalue weighted by Gasteiger charge is 2.46. The summed E-state index contributed by atoms with van der Waals surface area (Å²) in [5.74, 6) is 0. The quantitative estimate of drug-likeness (QED) is 0.341. The normalized spacial score (nSPS) is 26.2. The molecule has 5 atom stereocenters. The van der Waals surface area contributed by atoms with Crippen molar-refractivity contribution in [2.45, 2.75) is 37.6 Å². The summed E-state index contributed by atoms with van der Waals surface area (Å²) in [7, 11) is 1.44. The fourth-order valence-electron chi connectivity index (χ4n) is 5.53. The number of nitrogens with one attached hydrogen (secondary N) is 1. The molecule has 0 aliphatic carbocycles. The first-order valence-electron chi connectivity index (χ1n) is 11.1. The van der Waals surface area contributed by atoms with Crippen molar-refractivity contribution in [3.8, 4) is 0 Å². The Balaban J connectivity index is 1.73. The van der Waals surface area contributed by atoms with E-state index in [0.29, 0.717) is 0 Å². The van der Waals surface area contributed by atoms with Gasteiger partial charge in [-0.05, 0) is 30.7 Å². The summed E-state index contributed by atoms with van der Waals surface area (Å²) in [5, 5.41) is 36.2. The molecule has 5 aromatic rings. The van der Waals surface area contributed by atoms with E-state index in [9.17, 15) is 15.3 Å². The smallest absolute Gasteiger partial charge is 0.163 e. The summed E-state index contributed by atoms with van der Waals surface area (Å²) in [6, 6.07) is 18.3. The van der Waals surface area contributed by atoms with Crippen LogP contribution in [0.1, 0.15) is 11.8 Å². The van der Waals surface area contributed by atoms with E-state index in [1.165, 1.54) is 7.11 Å². The van der Waals surface area contributed by atoms with Crippen LogP contribution in [0.5, 0.6) is 0 Å². The average molecular weight is 447 g/mol. The van der Waals surface area contributed by atoms with Crippen molar-refractivity contribution in [3.63, 3.8) is 0 Å². The van der Waals surface area contributed by atoms with Gasteiger partial charge < -0.3 is 34.3 Å². The molecule has 3 heterocycles. The van der Waals surface area contributed by atoms with Crippen LogP contribution in [0.3, 0.4) is 0 Å². The van der Waals surface area contributed by atoms with Crippen LogP contribution < -0.4 is 0 Å². The number of nitrogens with zero attached hydrogens (tertiary/aromatic N) is 1. The molecule has 7 heteroatoms. The number of fused-ring (bicyclic) bond motifs is 7. The Morgan fingerprint density at radius 2 is 1.73 bits per heavy atom. The van der Waals surface area contributed by atoms with Crippen molar-refractivity contribution < 1.29 is 24.8 Å².